The van der Waals surface area contributed by atoms with E-state index in [0.717, 1.165) is 18.6 Å². The molecule has 0 radical (unpaired) electrons. The third-order valence-electron chi connectivity index (χ3n) is 4.97. The molecular weight excluding hydrogens is 232 g/mol. The third-order valence-corrected chi connectivity index (χ3v) is 4.97. The van der Waals surface area contributed by atoms with Crippen LogP contribution in [0.15, 0.2) is 24.3 Å². The molecule has 1 nitrogen and oxygen atoms in total. The predicted octanol–water partition coefficient (Wildman–Crippen LogP) is 5.72. The molecule has 1 aromatic carbocycles. The molecule has 0 unspecified atom stereocenters. The van der Waals surface area contributed by atoms with E-state index in [4.69, 9.17) is 4.74 Å². The van der Waals surface area contributed by atoms with E-state index in [-0.39, 0.29) is 11.0 Å². The minimum absolute atomic E-state index is 0.0413. The first-order valence-electron chi connectivity index (χ1n) is 7.72. The second-order valence-electron chi connectivity index (χ2n) is 6.05. The first kappa shape index (κ1) is 16.1. The maximum absolute atomic E-state index is 6.14. The van der Waals surface area contributed by atoms with Crippen molar-refractivity contribution < 1.29 is 4.74 Å². The maximum Gasteiger partial charge on any atom is 0.120 e. The topological polar surface area (TPSA) is 9.23 Å². The summed E-state index contributed by atoms with van der Waals surface area (Å²) in [5, 5.41) is 0. The van der Waals surface area contributed by atoms with Crippen LogP contribution in [0.1, 0.15) is 72.8 Å². The monoisotopic (exact) mass is 262 g/mol. The molecule has 108 valence electrons. The Morgan fingerprint density at radius 3 is 1.63 bits per heavy atom. The van der Waals surface area contributed by atoms with Gasteiger partial charge in [-0.3, -0.25) is 0 Å². The largest absolute Gasteiger partial charge is 0.488 e. The van der Waals surface area contributed by atoms with Crippen LogP contribution in [0, 0.1) is 0 Å². The van der Waals surface area contributed by atoms with E-state index in [1.807, 2.05) is 0 Å². The zero-order valence-electron chi connectivity index (χ0n) is 13.5. The number of benzene rings is 1. The quantitative estimate of drug-likeness (QED) is 0.610. The number of ether oxygens (including phenoxy) is 1. The van der Waals surface area contributed by atoms with Crippen LogP contribution in [0.2, 0.25) is 0 Å². The maximum atomic E-state index is 6.14. The lowest BCUT2D eigenvalue weighted by Crippen LogP contribution is -2.30. The molecule has 19 heavy (non-hydrogen) atoms. The lowest BCUT2D eigenvalue weighted by Gasteiger charge is -2.30. The van der Waals surface area contributed by atoms with E-state index >= 15 is 0 Å². The van der Waals surface area contributed by atoms with Crippen molar-refractivity contribution in [1.82, 2.24) is 0 Å². The first-order chi connectivity index (χ1) is 8.93. The van der Waals surface area contributed by atoms with Gasteiger partial charge in [-0.25, -0.2) is 0 Å². The lowest BCUT2D eigenvalue weighted by atomic mass is 9.78. The number of hydrogen-bond acceptors (Lipinski definition) is 1. The Hall–Kier alpha value is -0.980. The second-order valence-corrected chi connectivity index (χ2v) is 6.05. The van der Waals surface area contributed by atoms with E-state index in [1.54, 1.807) is 0 Å². The summed E-state index contributed by atoms with van der Waals surface area (Å²) in [5.41, 5.74) is 1.66. The Morgan fingerprint density at radius 1 is 0.789 bits per heavy atom. The number of rotatable bonds is 7. The Morgan fingerprint density at radius 2 is 1.26 bits per heavy atom. The minimum atomic E-state index is -0.0413. The van der Waals surface area contributed by atoms with E-state index in [9.17, 15) is 0 Å². The zero-order chi connectivity index (χ0) is 14.5. The van der Waals surface area contributed by atoms with Crippen molar-refractivity contribution >= 4 is 0 Å². The molecule has 0 spiro atoms. The summed E-state index contributed by atoms with van der Waals surface area (Å²) in [6, 6.07) is 8.72. The van der Waals surface area contributed by atoms with Gasteiger partial charge in [0.25, 0.3) is 0 Å². The van der Waals surface area contributed by atoms with Crippen molar-refractivity contribution in [2.45, 2.75) is 78.2 Å². The molecule has 0 aliphatic rings. The Labute approximate surface area is 119 Å². The van der Waals surface area contributed by atoms with Crippen LogP contribution in [0.25, 0.3) is 0 Å². The third kappa shape index (κ3) is 3.75. The van der Waals surface area contributed by atoms with Gasteiger partial charge in [0.05, 0.1) is 0 Å². The van der Waals surface area contributed by atoms with Crippen LogP contribution in [0.4, 0.5) is 0 Å². The van der Waals surface area contributed by atoms with Gasteiger partial charge < -0.3 is 4.74 Å². The summed E-state index contributed by atoms with van der Waals surface area (Å²) in [7, 11) is 0. The fourth-order valence-corrected chi connectivity index (χ4v) is 2.26. The van der Waals surface area contributed by atoms with Gasteiger partial charge in [-0.05, 0) is 55.7 Å². The molecule has 0 N–H and O–H groups in total. The van der Waals surface area contributed by atoms with Crippen LogP contribution in [-0.2, 0) is 5.41 Å². The zero-order valence-corrected chi connectivity index (χ0v) is 13.5. The minimum Gasteiger partial charge on any atom is -0.488 e. The van der Waals surface area contributed by atoms with Crippen LogP contribution >= 0.6 is 0 Å². The standard InChI is InChI=1S/C18H30O/c1-7-17(5,8-2)15-11-13-16(14-12-15)19-18(6,9-3)10-4/h11-14H,7-10H2,1-6H3. The van der Waals surface area contributed by atoms with Gasteiger partial charge in [0.1, 0.15) is 11.4 Å². The lowest BCUT2D eigenvalue weighted by molar-refractivity contribution is 0.0802. The summed E-state index contributed by atoms with van der Waals surface area (Å²) in [4.78, 5) is 0. The van der Waals surface area contributed by atoms with Crippen molar-refractivity contribution in [3.8, 4) is 5.75 Å². The van der Waals surface area contributed by atoms with E-state index in [0.29, 0.717) is 0 Å². The Kier molecular flexibility index (Phi) is 5.46. The Balaban J connectivity index is 2.88. The van der Waals surface area contributed by atoms with Crippen molar-refractivity contribution in [2.24, 2.45) is 0 Å². The van der Waals surface area contributed by atoms with Crippen molar-refractivity contribution in [1.29, 1.82) is 0 Å². The average Bonchev–Trinajstić information content (AvgIpc) is 2.47. The van der Waals surface area contributed by atoms with Crippen molar-refractivity contribution in [2.75, 3.05) is 0 Å². The molecule has 0 aromatic heterocycles. The van der Waals surface area contributed by atoms with Crippen molar-refractivity contribution in [3.05, 3.63) is 29.8 Å². The molecule has 0 heterocycles. The van der Waals surface area contributed by atoms with Crippen LogP contribution in [0.3, 0.4) is 0 Å². The van der Waals surface area contributed by atoms with Gasteiger partial charge in [-0.2, -0.15) is 0 Å². The molecule has 0 aliphatic heterocycles. The number of hydrogen-bond donors (Lipinski definition) is 0. The fourth-order valence-electron chi connectivity index (χ4n) is 2.26. The summed E-state index contributed by atoms with van der Waals surface area (Å²) in [6.45, 7) is 13.4. The van der Waals surface area contributed by atoms with Gasteiger partial charge >= 0.3 is 0 Å². The molecule has 0 aliphatic carbocycles. The predicted molar refractivity (Wildman–Crippen MR) is 84.0 cm³/mol. The molecule has 0 fully saturated rings. The van der Waals surface area contributed by atoms with E-state index < -0.39 is 0 Å². The highest BCUT2D eigenvalue weighted by atomic mass is 16.5. The highest BCUT2D eigenvalue weighted by molar-refractivity contribution is 5.32. The van der Waals surface area contributed by atoms with Crippen LogP contribution < -0.4 is 4.74 Å². The molecule has 1 heteroatoms. The van der Waals surface area contributed by atoms with Gasteiger partial charge in [-0.1, -0.05) is 46.8 Å². The SMILES string of the molecule is CCC(C)(CC)Oc1ccc(C(C)(CC)CC)cc1. The van der Waals surface area contributed by atoms with Gasteiger partial charge in [0, 0.05) is 0 Å². The summed E-state index contributed by atoms with van der Waals surface area (Å²) >= 11 is 0. The summed E-state index contributed by atoms with van der Waals surface area (Å²) in [5.74, 6) is 0.990. The average molecular weight is 262 g/mol. The smallest absolute Gasteiger partial charge is 0.120 e. The van der Waals surface area contributed by atoms with E-state index in [1.165, 1.54) is 18.4 Å². The van der Waals surface area contributed by atoms with Crippen LogP contribution in [0.5, 0.6) is 5.75 Å². The van der Waals surface area contributed by atoms with Crippen LogP contribution in [-0.4, -0.2) is 5.60 Å². The highest BCUT2D eigenvalue weighted by Gasteiger charge is 2.24. The molecular formula is C18H30O. The molecule has 1 aromatic rings. The Bertz CT molecular complexity index is 369. The molecule has 1 rings (SSSR count). The van der Waals surface area contributed by atoms with Gasteiger partial charge in [0.2, 0.25) is 0 Å². The second kappa shape index (κ2) is 6.45. The van der Waals surface area contributed by atoms with Gasteiger partial charge in [0.15, 0.2) is 0 Å². The van der Waals surface area contributed by atoms with Gasteiger partial charge in [-0.15, -0.1) is 0 Å². The normalized spacial score (nSPS) is 12.5. The molecule has 0 atom stereocenters. The first-order valence-corrected chi connectivity index (χ1v) is 7.72. The summed E-state index contributed by atoms with van der Waals surface area (Å²) in [6.07, 6.45) is 4.41. The van der Waals surface area contributed by atoms with Crippen molar-refractivity contribution in [3.63, 3.8) is 0 Å². The van der Waals surface area contributed by atoms with E-state index in [2.05, 4.69) is 65.8 Å². The fraction of sp³-hybridized carbons (Fsp3) is 0.667. The highest BCUT2D eigenvalue weighted by Crippen LogP contribution is 2.33. The molecule has 0 saturated carbocycles. The molecule has 0 amide bonds. The molecule has 0 bridgehead atoms. The summed E-state index contributed by atoms with van der Waals surface area (Å²) < 4.78 is 6.14. The molecule has 0 saturated heterocycles.